The fraction of sp³-hybridized carbons (Fsp3) is 0.0541. The van der Waals surface area contributed by atoms with Crippen molar-refractivity contribution in [3.63, 3.8) is 0 Å². The largest absolute Gasteiger partial charge is 0.264 e. The van der Waals surface area contributed by atoms with E-state index in [0.29, 0.717) is 0 Å². The molecule has 0 radical (unpaired) electrons. The van der Waals surface area contributed by atoms with Gasteiger partial charge in [-0.3, -0.25) is 4.98 Å². The van der Waals surface area contributed by atoms with Crippen molar-refractivity contribution in [2.45, 2.75) is 11.3 Å². The first-order valence-corrected chi connectivity index (χ1v) is 16.5. The Morgan fingerprint density at radius 3 is 1.02 bits per heavy atom. The summed E-state index contributed by atoms with van der Waals surface area (Å²) in [7, 11) is -1.57. The van der Waals surface area contributed by atoms with Crippen LogP contribution in [0.2, 0.25) is 0 Å². The van der Waals surface area contributed by atoms with Crippen molar-refractivity contribution in [1.29, 1.82) is 0 Å². The zero-order valence-electron chi connectivity index (χ0n) is 22.2. The SMILES string of the molecule is c1ccc([C@@H]([C@@H](c2cccnc2)P(c2ccccc2)c2ccccc2)P(c2ccccc2)c2ccccc2)cc1. The summed E-state index contributed by atoms with van der Waals surface area (Å²) in [6.45, 7) is 0. The first-order valence-electron chi connectivity index (χ1n) is 13.6. The average molecular weight is 552 g/mol. The van der Waals surface area contributed by atoms with Gasteiger partial charge in [-0.2, -0.15) is 0 Å². The Hall–Kier alpha value is -3.89. The van der Waals surface area contributed by atoms with E-state index < -0.39 is 15.8 Å². The number of aromatic nitrogens is 1. The van der Waals surface area contributed by atoms with Crippen LogP contribution in [0.5, 0.6) is 0 Å². The van der Waals surface area contributed by atoms with E-state index in [1.54, 1.807) is 0 Å². The van der Waals surface area contributed by atoms with Crippen LogP contribution in [0.1, 0.15) is 22.4 Å². The maximum Gasteiger partial charge on any atom is 0.0306 e. The Labute approximate surface area is 240 Å². The van der Waals surface area contributed by atoms with Gasteiger partial charge in [0.2, 0.25) is 0 Å². The van der Waals surface area contributed by atoms with Crippen LogP contribution < -0.4 is 21.2 Å². The molecule has 0 bridgehead atoms. The predicted molar refractivity (Wildman–Crippen MR) is 174 cm³/mol. The molecule has 0 saturated heterocycles. The molecule has 3 heteroatoms. The lowest BCUT2D eigenvalue weighted by molar-refractivity contribution is 0.882. The zero-order chi connectivity index (χ0) is 27.0. The van der Waals surface area contributed by atoms with Crippen molar-refractivity contribution in [2.24, 2.45) is 0 Å². The third kappa shape index (κ3) is 5.83. The minimum absolute atomic E-state index is 0.197. The Kier molecular flexibility index (Phi) is 8.54. The summed E-state index contributed by atoms with van der Waals surface area (Å²) in [5.74, 6) is 0. The molecule has 40 heavy (non-hydrogen) atoms. The summed E-state index contributed by atoms with van der Waals surface area (Å²) in [5.41, 5.74) is 3.07. The number of nitrogens with zero attached hydrogens (tertiary/aromatic N) is 1. The first-order chi connectivity index (χ1) is 19.9. The minimum atomic E-state index is -0.791. The van der Waals surface area contributed by atoms with Gasteiger partial charge in [0.05, 0.1) is 0 Å². The maximum atomic E-state index is 4.67. The Bertz CT molecular complexity index is 1380. The van der Waals surface area contributed by atoms with Gasteiger partial charge < -0.3 is 0 Å². The van der Waals surface area contributed by atoms with Crippen LogP contribution in [0.3, 0.4) is 0 Å². The highest BCUT2D eigenvalue weighted by molar-refractivity contribution is 7.77. The lowest BCUT2D eigenvalue weighted by Crippen LogP contribution is -2.26. The van der Waals surface area contributed by atoms with Crippen molar-refractivity contribution in [1.82, 2.24) is 4.98 Å². The average Bonchev–Trinajstić information content (AvgIpc) is 3.05. The van der Waals surface area contributed by atoms with Crippen molar-refractivity contribution in [3.05, 3.63) is 187 Å². The second-order valence-corrected chi connectivity index (χ2v) is 14.3. The molecule has 1 heterocycles. The summed E-state index contributed by atoms with van der Waals surface area (Å²) in [6, 6.07) is 60.1. The van der Waals surface area contributed by atoms with E-state index in [1.807, 2.05) is 6.20 Å². The molecular formula is C37H31NP2. The van der Waals surface area contributed by atoms with Gasteiger partial charge in [0.1, 0.15) is 0 Å². The van der Waals surface area contributed by atoms with E-state index >= 15 is 0 Å². The van der Waals surface area contributed by atoms with E-state index in [-0.39, 0.29) is 11.3 Å². The third-order valence-electron chi connectivity index (χ3n) is 7.16. The summed E-state index contributed by atoms with van der Waals surface area (Å²) in [4.78, 5) is 4.67. The van der Waals surface area contributed by atoms with E-state index in [1.165, 1.54) is 32.3 Å². The fourth-order valence-corrected chi connectivity index (χ4v) is 11.9. The smallest absolute Gasteiger partial charge is 0.0306 e. The highest BCUT2D eigenvalue weighted by Crippen LogP contribution is 2.66. The lowest BCUT2D eigenvalue weighted by atomic mass is 10.0. The van der Waals surface area contributed by atoms with Gasteiger partial charge in [-0.05, 0) is 54.3 Å². The van der Waals surface area contributed by atoms with E-state index in [4.69, 9.17) is 0 Å². The van der Waals surface area contributed by atoms with Crippen LogP contribution in [0, 0.1) is 0 Å². The normalized spacial score (nSPS) is 12.8. The molecule has 0 unspecified atom stereocenters. The number of hydrogen-bond acceptors (Lipinski definition) is 1. The molecular weight excluding hydrogens is 520 g/mol. The lowest BCUT2D eigenvalue weighted by Gasteiger charge is -2.40. The highest BCUT2D eigenvalue weighted by atomic mass is 31.1. The molecule has 0 saturated carbocycles. The number of hydrogen-bond donors (Lipinski definition) is 0. The Balaban J connectivity index is 1.67. The van der Waals surface area contributed by atoms with Crippen LogP contribution >= 0.6 is 15.8 Å². The molecule has 6 aromatic rings. The molecule has 0 aliphatic rings. The number of benzene rings is 5. The molecule has 1 aromatic heterocycles. The van der Waals surface area contributed by atoms with Crippen LogP contribution in [0.15, 0.2) is 176 Å². The molecule has 2 atom stereocenters. The maximum absolute atomic E-state index is 4.67. The molecule has 0 spiro atoms. The van der Waals surface area contributed by atoms with Crippen LogP contribution in [-0.2, 0) is 0 Å². The summed E-state index contributed by atoms with van der Waals surface area (Å²) < 4.78 is 0. The molecule has 1 nitrogen and oxygen atoms in total. The molecule has 0 amide bonds. The van der Waals surface area contributed by atoms with E-state index in [9.17, 15) is 0 Å². The summed E-state index contributed by atoms with van der Waals surface area (Å²) >= 11 is 0. The Morgan fingerprint density at radius 2 is 0.675 bits per heavy atom. The van der Waals surface area contributed by atoms with Crippen molar-refractivity contribution >= 4 is 37.1 Å². The van der Waals surface area contributed by atoms with Crippen molar-refractivity contribution < 1.29 is 0 Å². The van der Waals surface area contributed by atoms with Gasteiger partial charge in [0.15, 0.2) is 0 Å². The molecule has 194 valence electrons. The van der Waals surface area contributed by atoms with Gasteiger partial charge in [-0.15, -0.1) is 0 Å². The van der Waals surface area contributed by atoms with Gasteiger partial charge in [-0.1, -0.05) is 158 Å². The molecule has 5 aromatic carbocycles. The molecule has 0 N–H and O–H groups in total. The van der Waals surface area contributed by atoms with Crippen LogP contribution in [0.4, 0.5) is 0 Å². The van der Waals surface area contributed by atoms with Gasteiger partial charge in [0.25, 0.3) is 0 Å². The topological polar surface area (TPSA) is 12.9 Å². The van der Waals surface area contributed by atoms with Gasteiger partial charge in [0, 0.05) is 23.7 Å². The van der Waals surface area contributed by atoms with E-state index in [2.05, 4.69) is 175 Å². The Morgan fingerprint density at radius 1 is 0.350 bits per heavy atom. The van der Waals surface area contributed by atoms with Crippen LogP contribution in [-0.4, -0.2) is 4.98 Å². The summed E-state index contributed by atoms with van der Waals surface area (Å²) in [5, 5.41) is 5.55. The van der Waals surface area contributed by atoms with Crippen LogP contribution in [0.25, 0.3) is 0 Å². The second kappa shape index (κ2) is 13.0. The molecule has 6 rings (SSSR count). The standard InChI is InChI=1S/C37H31NP2/c1-6-17-30(18-7-1)36(39(32-20-8-2-9-21-32)33-22-10-3-11-23-33)37(31-19-16-28-38-29-31)40(34-24-12-4-13-25-34)35-26-14-5-15-27-35/h1-29,36-37H/t36-,37+/m0/s1. The van der Waals surface area contributed by atoms with Crippen molar-refractivity contribution in [3.8, 4) is 0 Å². The number of rotatable bonds is 9. The fourth-order valence-electron chi connectivity index (χ4n) is 5.44. The van der Waals surface area contributed by atoms with E-state index in [0.717, 1.165) is 0 Å². The minimum Gasteiger partial charge on any atom is -0.264 e. The van der Waals surface area contributed by atoms with Gasteiger partial charge >= 0.3 is 0 Å². The number of pyridine rings is 1. The highest BCUT2D eigenvalue weighted by Gasteiger charge is 2.39. The quantitative estimate of drug-likeness (QED) is 0.165. The third-order valence-corrected chi connectivity index (χ3v) is 13.1. The first kappa shape index (κ1) is 26.3. The monoisotopic (exact) mass is 551 g/mol. The van der Waals surface area contributed by atoms with Gasteiger partial charge in [-0.25, -0.2) is 0 Å². The second-order valence-electron chi connectivity index (χ2n) is 9.67. The zero-order valence-corrected chi connectivity index (χ0v) is 24.0. The molecule has 0 aliphatic heterocycles. The predicted octanol–water partition coefficient (Wildman–Crippen LogP) is 8.13. The van der Waals surface area contributed by atoms with Crippen molar-refractivity contribution in [2.75, 3.05) is 0 Å². The molecule has 0 aliphatic carbocycles. The summed E-state index contributed by atoms with van der Waals surface area (Å²) in [6.07, 6.45) is 3.99. The molecule has 0 fully saturated rings.